The van der Waals surface area contributed by atoms with Gasteiger partial charge in [-0.1, -0.05) is 12.1 Å². The Hall–Kier alpha value is -3.74. The molecule has 9 heteroatoms. The summed E-state index contributed by atoms with van der Waals surface area (Å²) in [7, 11) is -4.10. The minimum Gasteiger partial charge on any atom is -0.371 e. The van der Waals surface area contributed by atoms with E-state index in [0.29, 0.717) is 23.4 Å². The number of rotatable bonds is 5. The van der Waals surface area contributed by atoms with Gasteiger partial charge in [0.15, 0.2) is 0 Å². The van der Waals surface area contributed by atoms with Crippen LogP contribution >= 0.6 is 0 Å². The number of pyridine rings is 1. The molecule has 0 unspecified atom stereocenters. The maximum absolute atomic E-state index is 11.0. The zero-order chi connectivity index (χ0) is 20.4. The molecule has 0 radical (unpaired) electrons. The lowest BCUT2D eigenvalue weighted by Crippen LogP contribution is -2.18. The summed E-state index contributed by atoms with van der Waals surface area (Å²) in [5.74, 6) is 0.0794. The van der Waals surface area contributed by atoms with Gasteiger partial charge in [-0.3, -0.25) is 0 Å². The predicted octanol–water partition coefficient (Wildman–Crippen LogP) is 2.60. The number of benzene rings is 2. The van der Waals surface area contributed by atoms with E-state index in [4.69, 9.17) is 5.14 Å². The van der Waals surface area contributed by atoms with E-state index in [1.54, 1.807) is 30.6 Å². The van der Waals surface area contributed by atoms with Crippen LogP contribution in [0.25, 0.3) is 22.3 Å². The number of nitrogens with two attached hydrogens (primary N) is 1. The van der Waals surface area contributed by atoms with Gasteiger partial charge in [0.25, 0.3) is 0 Å². The Bertz CT molecular complexity index is 1340. The summed E-state index contributed by atoms with van der Waals surface area (Å²) in [4.78, 5) is 9.02. The number of aromatic nitrogens is 3. The maximum Gasteiger partial charge on any atom is 0.380 e. The molecular formula is C20H15N5O3S. The van der Waals surface area contributed by atoms with Crippen molar-refractivity contribution >= 4 is 21.3 Å². The van der Waals surface area contributed by atoms with Gasteiger partial charge in [-0.05, 0) is 48.5 Å². The standard InChI is InChI=1S/C20H15N5O3S/c21-11-15-5-8-16(12-25-13-23-18-3-1-2-4-19(18)25)24-20(15)14-6-9-17(10-7-14)28-29(22,26)27/h1-10,13H,12H2,(H2,22,26,27). The molecule has 4 rings (SSSR count). The van der Waals surface area contributed by atoms with Gasteiger partial charge in [-0.15, -0.1) is 0 Å². The SMILES string of the molecule is N#Cc1ccc(Cn2cnc3ccccc32)nc1-c1ccc(OS(N)(=O)=O)cc1. The molecule has 0 fully saturated rings. The highest BCUT2D eigenvalue weighted by molar-refractivity contribution is 7.84. The number of nitrogens with zero attached hydrogens (tertiary/aromatic N) is 4. The van der Waals surface area contributed by atoms with Gasteiger partial charge < -0.3 is 8.75 Å². The second-order valence-electron chi connectivity index (χ2n) is 6.27. The maximum atomic E-state index is 11.0. The van der Waals surface area contributed by atoms with E-state index >= 15 is 0 Å². The number of nitriles is 1. The lowest BCUT2D eigenvalue weighted by Gasteiger charge is -2.09. The molecule has 2 N–H and O–H groups in total. The van der Waals surface area contributed by atoms with Crippen LogP contribution in [-0.4, -0.2) is 23.0 Å². The van der Waals surface area contributed by atoms with Gasteiger partial charge in [0.2, 0.25) is 0 Å². The van der Waals surface area contributed by atoms with E-state index in [2.05, 4.69) is 20.2 Å². The summed E-state index contributed by atoms with van der Waals surface area (Å²) in [6.07, 6.45) is 1.75. The molecule has 0 aliphatic heterocycles. The average molecular weight is 405 g/mol. The third-order valence-corrected chi connectivity index (χ3v) is 4.70. The van der Waals surface area contributed by atoms with Gasteiger partial charge in [-0.25, -0.2) is 9.97 Å². The fraction of sp³-hybridized carbons (Fsp3) is 0.0500. The zero-order valence-electron chi connectivity index (χ0n) is 15.1. The minimum absolute atomic E-state index is 0.0794. The Morgan fingerprint density at radius 3 is 2.55 bits per heavy atom. The van der Waals surface area contributed by atoms with E-state index in [-0.39, 0.29) is 5.75 Å². The first-order valence-electron chi connectivity index (χ1n) is 8.55. The second-order valence-corrected chi connectivity index (χ2v) is 7.42. The Balaban J connectivity index is 1.68. The quantitative estimate of drug-likeness (QED) is 0.544. The first-order chi connectivity index (χ1) is 13.9. The van der Waals surface area contributed by atoms with Crippen molar-refractivity contribution in [2.75, 3.05) is 0 Å². The molecular weight excluding hydrogens is 390 g/mol. The van der Waals surface area contributed by atoms with Crippen LogP contribution < -0.4 is 9.32 Å². The number of para-hydroxylation sites is 2. The molecule has 2 aromatic heterocycles. The Labute approximate surface area is 167 Å². The molecule has 8 nitrogen and oxygen atoms in total. The van der Waals surface area contributed by atoms with E-state index in [9.17, 15) is 13.7 Å². The first-order valence-corrected chi connectivity index (χ1v) is 10.0. The highest BCUT2D eigenvalue weighted by atomic mass is 32.2. The van der Waals surface area contributed by atoms with Crippen molar-refractivity contribution < 1.29 is 12.6 Å². The van der Waals surface area contributed by atoms with Crippen LogP contribution in [0.15, 0.2) is 67.0 Å². The second kappa shape index (κ2) is 7.35. The van der Waals surface area contributed by atoms with Crippen LogP contribution in [0.5, 0.6) is 5.75 Å². The molecule has 0 saturated heterocycles. The van der Waals surface area contributed by atoms with Crippen molar-refractivity contribution in [1.29, 1.82) is 5.26 Å². The van der Waals surface area contributed by atoms with Crippen molar-refractivity contribution in [2.24, 2.45) is 5.14 Å². The number of imidazole rings is 1. The van der Waals surface area contributed by atoms with Crippen molar-refractivity contribution in [3.63, 3.8) is 0 Å². The first kappa shape index (κ1) is 18.6. The minimum atomic E-state index is -4.10. The lowest BCUT2D eigenvalue weighted by atomic mass is 10.1. The molecule has 2 aromatic carbocycles. The highest BCUT2D eigenvalue weighted by Crippen LogP contribution is 2.25. The third kappa shape index (κ3) is 4.08. The van der Waals surface area contributed by atoms with Crippen LogP contribution in [0, 0.1) is 11.3 Å². The Morgan fingerprint density at radius 2 is 1.83 bits per heavy atom. The highest BCUT2D eigenvalue weighted by Gasteiger charge is 2.11. The van der Waals surface area contributed by atoms with E-state index in [0.717, 1.165) is 16.7 Å². The summed E-state index contributed by atoms with van der Waals surface area (Å²) in [5, 5.41) is 14.3. The van der Waals surface area contributed by atoms with Crippen LogP contribution in [0.3, 0.4) is 0 Å². The summed E-state index contributed by atoms with van der Waals surface area (Å²) >= 11 is 0. The van der Waals surface area contributed by atoms with Gasteiger partial charge in [0.1, 0.15) is 11.8 Å². The molecule has 0 spiro atoms. The largest absolute Gasteiger partial charge is 0.380 e. The zero-order valence-corrected chi connectivity index (χ0v) is 15.9. The summed E-state index contributed by atoms with van der Waals surface area (Å²) in [6, 6.07) is 19.6. The molecule has 4 aromatic rings. The van der Waals surface area contributed by atoms with Crippen molar-refractivity contribution in [2.45, 2.75) is 6.54 Å². The molecule has 0 bridgehead atoms. The van der Waals surface area contributed by atoms with Gasteiger partial charge in [0, 0.05) is 5.56 Å². The molecule has 0 amide bonds. The van der Waals surface area contributed by atoms with Crippen LogP contribution in [0.4, 0.5) is 0 Å². The Morgan fingerprint density at radius 1 is 1.07 bits per heavy atom. The molecule has 29 heavy (non-hydrogen) atoms. The van der Waals surface area contributed by atoms with Crippen molar-refractivity contribution in [1.82, 2.24) is 14.5 Å². The van der Waals surface area contributed by atoms with Crippen LogP contribution in [-0.2, 0) is 16.8 Å². The van der Waals surface area contributed by atoms with Crippen LogP contribution in [0.1, 0.15) is 11.3 Å². The molecule has 2 heterocycles. The number of hydrogen-bond acceptors (Lipinski definition) is 6. The van der Waals surface area contributed by atoms with E-state index in [1.807, 2.05) is 28.8 Å². The molecule has 0 aliphatic rings. The fourth-order valence-corrected chi connectivity index (χ4v) is 3.39. The molecule has 0 atom stereocenters. The summed E-state index contributed by atoms with van der Waals surface area (Å²) in [5.41, 5.74) is 4.20. The normalized spacial score (nSPS) is 11.3. The lowest BCUT2D eigenvalue weighted by molar-refractivity contribution is 0.488. The third-order valence-electron chi connectivity index (χ3n) is 4.27. The van der Waals surface area contributed by atoms with Gasteiger partial charge >= 0.3 is 10.3 Å². The van der Waals surface area contributed by atoms with Crippen molar-refractivity contribution in [3.8, 4) is 23.1 Å². The van der Waals surface area contributed by atoms with E-state index < -0.39 is 10.3 Å². The van der Waals surface area contributed by atoms with Gasteiger partial charge in [-0.2, -0.15) is 18.8 Å². The predicted molar refractivity (Wildman–Crippen MR) is 107 cm³/mol. The van der Waals surface area contributed by atoms with Crippen molar-refractivity contribution in [3.05, 3.63) is 78.2 Å². The van der Waals surface area contributed by atoms with E-state index in [1.165, 1.54) is 12.1 Å². The summed E-state index contributed by atoms with van der Waals surface area (Å²) in [6.45, 7) is 0.492. The van der Waals surface area contributed by atoms with Gasteiger partial charge in [0.05, 0.1) is 40.9 Å². The number of hydrogen-bond donors (Lipinski definition) is 1. The molecule has 144 valence electrons. The smallest absolute Gasteiger partial charge is 0.371 e. The molecule has 0 aliphatic carbocycles. The topological polar surface area (TPSA) is 124 Å². The fourth-order valence-electron chi connectivity index (χ4n) is 3.01. The molecule has 0 saturated carbocycles. The number of fused-ring (bicyclic) bond motifs is 1. The monoisotopic (exact) mass is 405 g/mol. The summed E-state index contributed by atoms with van der Waals surface area (Å²) < 4.78 is 28.7. The van der Waals surface area contributed by atoms with Crippen LogP contribution in [0.2, 0.25) is 0 Å². The average Bonchev–Trinajstić information content (AvgIpc) is 3.10. The Kier molecular flexibility index (Phi) is 4.72.